The number of nitriles is 1. The Morgan fingerprint density at radius 1 is 1.23 bits per heavy atom. The summed E-state index contributed by atoms with van der Waals surface area (Å²) < 4.78 is 0.832. The van der Waals surface area contributed by atoms with Gasteiger partial charge in [0.25, 0.3) is 0 Å². The Bertz CT molecular complexity index is 1140. The second-order valence-electron chi connectivity index (χ2n) is 7.64. The Morgan fingerprint density at radius 3 is 2.71 bits per heavy atom. The topological polar surface area (TPSA) is 65.8 Å². The molecule has 3 aromatic rings. The van der Waals surface area contributed by atoms with Crippen molar-refractivity contribution >= 4 is 39.3 Å². The summed E-state index contributed by atoms with van der Waals surface area (Å²) in [6.07, 6.45) is 2.81. The van der Waals surface area contributed by atoms with E-state index in [0.29, 0.717) is 16.5 Å². The number of amides is 1. The van der Waals surface area contributed by atoms with Crippen LogP contribution in [0.15, 0.2) is 70.2 Å². The van der Waals surface area contributed by atoms with Gasteiger partial charge in [-0.1, -0.05) is 54.2 Å². The predicted molar refractivity (Wildman–Crippen MR) is 128 cm³/mol. The van der Waals surface area contributed by atoms with Gasteiger partial charge in [0.2, 0.25) is 5.91 Å². The number of para-hydroxylation sites is 1. The number of carbonyl (C=O) groups excluding carboxylic acids is 1. The predicted octanol–water partition coefficient (Wildman–Crippen LogP) is 6.11. The van der Waals surface area contributed by atoms with Crippen molar-refractivity contribution in [1.29, 1.82) is 5.26 Å². The number of benzene rings is 2. The lowest BCUT2D eigenvalue weighted by atomic mass is 9.82. The smallest absolute Gasteiger partial charge is 0.237 e. The maximum atomic E-state index is 12.7. The third kappa shape index (κ3) is 5.00. The second-order valence-corrected chi connectivity index (χ2v) is 9.82. The van der Waals surface area contributed by atoms with E-state index in [1.165, 1.54) is 17.3 Å². The molecule has 2 atom stereocenters. The van der Waals surface area contributed by atoms with Crippen molar-refractivity contribution in [2.24, 2.45) is 0 Å². The number of halogens is 1. The van der Waals surface area contributed by atoms with Gasteiger partial charge in [-0.3, -0.25) is 4.79 Å². The van der Waals surface area contributed by atoms with Crippen LogP contribution in [0.1, 0.15) is 41.6 Å². The van der Waals surface area contributed by atoms with Gasteiger partial charge in [-0.05, 0) is 77.4 Å². The molecule has 0 spiro atoms. The van der Waals surface area contributed by atoms with E-state index in [-0.39, 0.29) is 11.2 Å². The van der Waals surface area contributed by atoms with E-state index in [2.05, 4.69) is 51.6 Å². The van der Waals surface area contributed by atoms with Gasteiger partial charge >= 0.3 is 0 Å². The molecule has 1 N–H and O–H groups in total. The standard InChI is InChI=1S/C25H22BrN3OS/c1-16(24(30)28-23-10-6-5-9-21(23)26)31-25-20(15-27)14-19-13-18(11-12-22(19)29-25)17-7-3-2-4-8-17/h2-10,14,16,18H,11-13H2,1H3,(H,28,30). The third-order valence-electron chi connectivity index (χ3n) is 5.53. The summed E-state index contributed by atoms with van der Waals surface area (Å²) in [5.41, 5.74) is 4.80. The highest BCUT2D eigenvalue weighted by Crippen LogP contribution is 2.35. The average molecular weight is 492 g/mol. The number of aromatic nitrogens is 1. The van der Waals surface area contributed by atoms with E-state index in [1.54, 1.807) is 0 Å². The summed E-state index contributed by atoms with van der Waals surface area (Å²) in [5.74, 6) is 0.332. The van der Waals surface area contributed by atoms with Crippen LogP contribution < -0.4 is 5.32 Å². The summed E-state index contributed by atoms with van der Waals surface area (Å²) in [4.78, 5) is 17.5. The molecule has 0 saturated heterocycles. The molecule has 2 unspecified atom stereocenters. The molecule has 156 valence electrons. The molecule has 0 aliphatic heterocycles. The molecule has 4 nitrogen and oxygen atoms in total. The largest absolute Gasteiger partial charge is 0.324 e. The highest BCUT2D eigenvalue weighted by Gasteiger charge is 2.25. The van der Waals surface area contributed by atoms with Gasteiger partial charge < -0.3 is 5.32 Å². The fourth-order valence-electron chi connectivity index (χ4n) is 3.84. The van der Waals surface area contributed by atoms with Gasteiger partial charge in [0.15, 0.2) is 0 Å². The number of thioether (sulfide) groups is 1. The lowest BCUT2D eigenvalue weighted by Crippen LogP contribution is -2.23. The van der Waals surface area contributed by atoms with Crippen molar-refractivity contribution in [2.45, 2.75) is 42.4 Å². The molecule has 1 heterocycles. The first-order chi connectivity index (χ1) is 15.0. The minimum Gasteiger partial charge on any atom is -0.324 e. The molecule has 1 aliphatic rings. The molecule has 6 heteroatoms. The van der Waals surface area contributed by atoms with Crippen molar-refractivity contribution in [2.75, 3.05) is 5.32 Å². The fraction of sp³-hybridized carbons (Fsp3) is 0.240. The molecule has 0 fully saturated rings. The number of aryl methyl sites for hydroxylation is 1. The van der Waals surface area contributed by atoms with Crippen molar-refractivity contribution < 1.29 is 4.79 Å². The number of carbonyl (C=O) groups is 1. The zero-order chi connectivity index (χ0) is 21.8. The van der Waals surface area contributed by atoms with Crippen molar-refractivity contribution in [3.63, 3.8) is 0 Å². The zero-order valence-corrected chi connectivity index (χ0v) is 19.5. The average Bonchev–Trinajstić information content (AvgIpc) is 2.80. The highest BCUT2D eigenvalue weighted by molar-refractivity contribution is 9.10. The molecule has 2 aromatic carbocycles. The maximum absolute atomic E-state index is 12.7. The number of nitrogens with one attached hydrogen (secondary N) is 1. The van der Waals surface area contributed by atoms with E-state index < -0.39 is 0 Å². The van der Waals surface area contributed by atoms with Crippen LogP contribution in [0.25, 0.3) is 0 Å². The Balaban J connectivity index is 1.50. The maximum Gasteiger partial charge on any atom is 0.237 e. The first-order valence-electron chi connectivity index (χ1n) is 10.2. The molecule has 0 saturated carbocycles. The lowest BCUT2D eigenvalue weighted by molar-refractivity contribution is -0.115. The van der Waals surface area contributed by atoms with Crippen LogP contribution in [0.2, 0.25) is 0 Å². The Morgan fingerprint density at radius 2 is 1.97 bits per heavy atom. The normalized spacial score (nSPS) is 16.1. The van der Waals surface area contributed by atoms with Crippen LogP contribution in [0.5, 0.6) is 0 Å². The van der Waals surface area contributed by atoms with E-state index >= 15 is 0 Å². The minimum atomic E-state index is -0.384. The molecular formula is C25H22BrN3OS. The number of rotatable bonds is 5. The zero-order valence-electron chi connectivity index (χ0n) is 17.1. The molecule has 1 aromatic heterocycles. The molecule has 1 amide bonds. The van der Waals surface area contributed by atoms with E-state index in [0.717, 1.165) is 40.7 Å². The third-order valence-corrected chi connectivity index (χ3v) is 7.33. The molecule has 0 radical (unpaired) electrons. The summed E-state index contributed by atoms with van der Waals surface area (Å²) in [6.45, 7) is 1.84. The quantitative estimate of drug-likeness (QED) is 0.437. The van der Waals surface area contributed by atoms with Crippen molar-refractivity contribution in [1.82, 2.24) is 4.98 Å². The van der Waals surface area contributed by atoms with Crippen molar-refractivity contribution in [3.05, 3.63) is 87.5 Å². The minimum absolute atomic E-state index is 0.121. The first kappa shape index (κ1) is 21.6. The Hall–Kier alpha value is -2.62. The summed E-state index contributed by atoms with van der Waals surface area (Å²) >= 11 is 4.79. The number of fused-ring (bicyclic) bond motifs is 1. The Kier molecular flexibility index (Phi) is 6.74. The van der Waals surface area contributed by atoms with Gasteiger partial charge in [-0.25, -0.2) is 4.98 Å². The monoisotopic (exact) mass is 491 g/mol. The van der Waals surface area contributed by atoms with Crippen LogP contribution in [0.4, 0.5) is 5.69 Å². The van der Waals surface area contributed by atoms with Crippen LogP contribution >= 0.6 is 27.7 Å². The number of hydrogen-bond acceptors (Lipinski definition) is 4. The molecule has 4 rings (SSSR count). The molecule has 31 heavy (non-hydrogen) atoms. The van der Waals surface area contributed by atoms with Gasteiger partial charge in [0, 0.05) is 10.2 Å². The van der Waals surface area contributed by atoms with Gasteiger partial charge in [0.1, 0.15) is 11.1 Å². The number of hydrogen-bond donors (Lipinski definition) is 1. The summed E-state index contributed by atoms with van der Waals surface area (Å²) in [7, 11) is 0. The fourth-order valence-corrected chi connectivity index (χ4v) is 5.12. The number of anilines is 1. The number of pyridine rings is 1. The van der Waals surface area contributed by atoms with Gasteiger partial charge in [-0.15, -0.1) is 0 Å². The molecular weight excluding hydrogens is 470 g/mol. The molecule has 0 bridgehead atoms. The van der Waals surface area contributed by atoms with Gasteiger partial charge in [-0.2, -0.15) is 5.26 Å². The lowest BCUT2D eigenvalue weighted by Gasteiger charge is -2.25. The first-order valence-corrected chi connectivity index (χ1v) is 11.9. The Labute approximate surface area is 195 Å². The van der Waals surface area contributed by atoms with Crippen LogP contribution in [0.3, 0.4) is 0 Å². The van der Waals surface area contributed by atoms with Crippen LogP contribution in [0, 0.1) is 11.3 Å². The summed E-state index contributed by atoms with van der Waals surface area (Å²) in [5, 5.41) is 12.9. The van der Waals surface area contributed by atoms with Crippen LogP contribution in [-0.4, -0.2) is 16.1 Å². The highest BCUT2D eigenvalue weighted by atomic mass is 79.9. The van der Waals surface area contributed by atoms with Gasteiger partial charge in [0.05, 0.1) is 16.5 Å². The SMILES string of the molecule is CC(Sc1nc2c(cc1C#N)CC(c1ccccc1)CC2)C(=O)Nc1ccccc1Br. The van der Waals surface area contributed by atoms with Crippen molar-refractivity contribution in [3.8, 4) is 6.07 Å². The second kappa shape index (κ2) is 9.67. The van der Waals surface area contributed by atoms with Crippen LogP contribution in [-0.2, 0) is 17.6 Å². The number of nitrogens with zero attached hydrogens (tertiary/aromatic N) is 2. The van der Waals surface area contributed by atoms with E-state index in [9.17, 15) is 10.1 Å². The van der Waals surface area contributed by atoms with E-state index in [4.69, 9.17) is 4.98 Å². The van der Waals surface area contributed by atoms with E-state index in [1.807, 2.05) is 43.3 Å². The molecule has 1 aliphatic carbocycles. The summed E-state index contributed by atoms with van der Waals surface area (Å²) in [6, 6.07) is 22.3.